The first-order valence-corrected chi connectivity index (χ1v) is 8.08. The Morgan fingerprint density at radius 2 is 2.05 bits per heavy atom. The third kappa shape index (κ3) is 3.01. The number of rotatable bonds is 4. The quantitative estimate of drug-likeness (QED) is 0.893. The zero-order valence-electron chi connectivity index (χ0n) is 13.0. The van der Waals surface area contributed by atoms with Crippen LogP contribution in [0.15, 0.2) is 18.2 Å². The Morgan fingerprint density at radius 3 is 2.80 bits per heavy atom. The van der Waals surface area contributed by atoms with E-state index in [2.05, 4.69) is 44.3 Å². The molecule has 2 nitrogen and oxygen atoms in total. The van der Waals surface area contributed by atoms with Gasteiger partial charge in [0.1, 0.15) is 11.4 Å². The second-order valence-corrected chi connectivity index (χ2v) is 7.19. The molecule has 1 atom stereocenters. The van der Waals surface area contributed by atoms with Crippen LogP contribution >= 0.6 is 0 Å². The van der Waals surface area contributed by atoms with Gasteiger partial charge in [-0.1, -0.05) is 25.0 Å². The molecule has 0 aromatic heterocycles. The first-order chi connectivity index (χ1) is 9.53. The van der Waals surface area contributed by atoms with E-state index in [0.29, 0.717) is 6.04 Å². The minimum absolute atomic E-state index is 0.0362. The summed E-state index contributed by atoms with van der Waals surface area (Å²) in [7, 11) is 0. The fraction of sp³-hybridized carbons (Fsp3) is 0.667. The lowest BCUT2D eigenvalue weighted by molar-refractivity contribution is 0.138. The lowest BCUT2D eigenvalue weighted by atomic mass is 9.98. The highest BCUT2D eigenvalue weighted by molar-refractivity contribution is 5.41. The number of fused-ring (bicyclic) bond motifs is 1. The second kappa shape index (κ2) is 5.40. The van der Waals surface area contributed by atoms with E-state index >= 15 is 0 Å². The Labute approximate surface area is 122 Å². The average molecular weight is 273 g/mol. The summed E-state index contributed by atoms with van der Waals surface area (Å²) in [5.74, 6) is 1.95. The van der Waals surface area contributed by atoms with Gasteiger partial charge in [0.2, 0.25) is 0 Å². The topological polar surface area (TPSA) is 21.3 Å². The van der Waals surface area contributed by atoms with Crippen LogP contribution in [0.2, 0.25) is 0 Å². The highest BCUT2D eigenvalue weighted by Crippen LogP contribution is 2.35. The molecule has 1 N–H and O–H groups in total. The maximum absolute atomic E-state index is 5.94. The van der Waals surface area contributed by atoms with E-state index < -0.39 is 0 Å². The molecular weight excluding hydrogens is 246 g/mol. The van der Waals surface area contributed by atoms with Gasteiger partial charge in [0.05, 0.1) is 0 Å². The van der Waals surface area contributed by atoms with Crippen LogP contribution in [0.25, 0.3) is 0 Å². The highest BCUT2D eigenvalue weighted by Gasteiger charge is 2.30. The molecule has 0 unspecified atom stereocenters. The highest BCUT2D eigenvalue weighted by atomic mass is 16.5. The molecule has 110 valence electrons. The number of hydrogen-bond acceptors (Lipinski definition) is 2. The summed E-state index contributed by atoms with van der Waals surface area (Å²) in [5, 5.41) is 3.71. The predicted molar refractivity (Wildman–Crippen MR) is 83.1 cm³/mol. The van der Waals surface area contributed by atoms with E-state index in [-0.39, 0.29) is 5.60 Å². The van der Waals surface area contributed by atoms with Gasteiger partial charge in [0, 0.05) is 19.0 Å². The van der Waals surface area contributed by atoms with Crippen molar-refractivity contribution in [3.63, 3.8) is 0 Å². The Kier molecular flexibility index (Phi) is 3.76. The summed E-state index contributed by atoms with van der Waals surface area (Å²) in [6.45, 7) is 7.64. The molecule has 1 aromatic rings. The molecule has 20 heavy (non-hydrogen) atoms. The molecule has 1 heterocycles. The Bertz CT molecular complexity index is 474. The molecule has 2 aliphatic rings. The molecule has 0 bridgehead atoms. The minimum Gasteiger partial charge on any atom is -0.487 e. The summed E-state index contributed by atoms with van der Waals surface area (Å²) < 4.78 is 5.94. The van der Waals surface area contributed by atoms with Crippen LogP contribution in [0.3, 0.4) is 0 Å². The lowest BCUT2D eigenvalue weighted by Gasteiger charge is -2.20. The van der Waals surface area contributed by atoms with Gasteiger partial charge in [-0.3, -0.25) is 0 Å². The molecule has 0 amide bonds. The zero-order valence-corrected chi connectivity index (χ0v) is 13.0. The van der Waals surface area contributed by atoms with Crippen molar-refractivity contribution in [2.75, 3.05) is 0 Å². The van der Waals surface area contributed by atoms with Crippen LogP contribution in [0.4, 0.5) is 0 Å². The molecule has 1 saturated carbocycles. The number of benzene rings is 1. The summed E-state index contributed by atoms with van der Waals surface area (Å²) in [5.41, 5.74) is 2.71. The van der Waals surface area contributed by atoms with Crippen LogP contribution in [0.1, 0.15) is 57.6 Å². The van der Waals surface area contributed by atoms with Crippen molar-refractivity contribution in [2.24, 2.45) is 5.92 Å². The standard InChI is InChI=1S/C18H27NO/c1-13(15-6-4-5-7-15)19-12-14-8-9-17-16(10-14)11-18(2,3)20-17/h8-10,13,15,19H,4-7,11-12H2,1-3H3/t13-/m1/s1. The van der Waals surface area contributed by atoms with E-state index in [1.807, 2.05) is 0 Å². The van der Waals surface area contributed by atoms with E-state index in [1.165, 1.54) is 36.8 Å². The van der Waals surface area contributed by atoms with Crippen molar-refractivity contribution in [3.8, 4) is 5.75 Å². The van der Waals surface area contributed by atoms with Crippen LogP contribution < -0.4 is 10.1 Å². The molecule has 0 radical (unpaired) electrons. The molecular formula is C18H27NO. The van der Waals surface area contributed by atoms with E-state index in [9.17, 15) is 0 Å². The van der Waals surface area contributed by atoms with Gasteiger partial charge in [0.25, 0.3) is 0 Å². The van der Waals surface area contributed by atoms with Gasteiger partial charge >= 0.3 is 0 Å². The van der Waals surface area contributed by atoms with Gasteiger partial charge in [-0.25, -0.2) is 0 Å². The fourth-order valence-electron chi connectivity index (χ4n) is 3.68. The maximum Gasteiger partial charge on any atom is 0.123 e. The van der Waals surface area contributed by atoms with Gasteiger partial charge in [0.15, 0.2) is 0 Å². The molecule has 1 aliphatic carbocycles. The first-order valence-electron chi connectivity index (χ1n) is 8.08. The van der Waals surface area contributed by atoms with Gasteiger partial charge in [-0.05, 0) is 56.7 Å². The van der Waals surface area contributed by atoms with Crippen LogP contribution in [-0.2, 0) is 13.0 Å². The maximum atomic E-state index is 5.94. The van der Waals surface area contributed by atoms with Crippen LogP contribution in [0.5, 0.6) is 5.75 Å². The summed E-state index contributed by atoms with van der Waals surface area (Å²) in [4.78, 5) is 0. The zero-order chi connectivity index (χ0) is 14.2. The van der Waals surface area contributed by atoms with Crippen molar-refractivity contribution in [3.05, 3.63) is 29.3 Å². The predicted octanol–water partition coefficient (Wildman–Crippen LogP) is 4.07. The average Bonchev–Trinajstić information content (AvgIpc) is 3.00. The lowest BCUT2D eigenvalue weighted by Crippen LogP contribution is -2.31. The molecule has 3 rings (SSSR count). The van der Waals surface area contributed by atoms with Crippen molar-refractivity contribution >= 4 is 0 Å². The second-order valence-electron chi connectivity index (χ2n) is 7.19. The normalized spacial score (nSPS) is 22.6. The third-order valence-corrected chi connectivity index (χ3v) is 4.86. The van der Waals surface area contributed by atoms with Gasteiger partial charge in [-0.15, -0.1) is 0 Å². The van der Waals surface area contributed by atoms with Gasteiger partial charge < -0.3 is 10.1 Å². The molecule has 1 aromatic carbocycles. The monoisotopic (exact) mass is 273 g/mol. The van der Waals surface area contributed by atoms with Crippen LogP contribution in [-0.4, -0.2) is 11.6 Å². The van der Waals surface area contributed by atoms with Crippen molar-refractivity contribution in [2.45, 2.75) is 71.1 Å². The summed E-state index contributed by atoms with van der Waals surface area (Å²) in [6.07, 6.45) is 6.67. The molecule has 0 spiro atoms. The third-order valence-electron chi connectivity index (χ3n) is 4.86. The smallest absolute Gasteiger partial charge is 0.123 e. The molecule has 0 saturated heterocycles. The number of nitrogens with one attached hydrogen (secondary N) is 1. The van der Waals surface area contributed by atoms with Crippen molar-refractivity contribution < 1.29 is 4.74 Å². The molecule has 1 aliphatic heterocycles. The Morgan fingerprint density at radius 1 is 1.30 bits per heavy atom. The number of hydrogen-bond donors (Lipinski definition) is 1. The molecule has 1 fully saturated rings. The Hall–Kier alpha value is -1.02. The van der Waals surface area contributed by atoms with E-state index in [0.717, 1.165) is 24.6 Å². The largest absolute Gasteiger partial charge is 0.487 e. The SMILES string of the molecule is C[C@@H](NCc1ccc2c(c1)CC(C)(C)O2)C1CCCC1. The Balaban J connectivity index is 1.59. The van der Waals surface area contributed by atoms with Crippen molar-refractivity contribution in [1.82, 2.24) is 5.32 Å². The van der Waals surface area contributed by atoms with Crippen LogP contribution in [0, 0.1) is 5.92 Å². The number of ether oxygens (including phenoxy) is 1. The van der Waals surface area contributed by atoms with E-state index in [4.69, 9.17) is 4.74 Å². The summed E-state index contributed by atoms with van der Waals surface area (Å²) in [6, 6.07) is 7.30. The minimum atomic E-state index is -0.0362. The summed E-state index contributed by atoms with van der Waals surface area (Å²) >= 11 is 0. The fourth-order valence-corrected chi connectivity index (χ4v) is 3.68. The molecule has 2 heteroatoms. The van der Waals surface area contributed by atoms with Gasteiger partial charge in [-0.2, -0.15) is 0 Å². The van der Waals surface area contributed by atoms with Crippen molar-refractivity contribution in [1.29, 1.82) is 0 Å². The van der Waals surface area contributed by atoms with E-state index in [1.54, 1.807) is 0 Å². The first kappa shape index (κ1) is 13.9.